The SMILES string of the molecule is CC(C)(C)C(CCO)NC(=O)CCOc1cccc(N)c1. The lowest BCUT2D eigenvalue weighted by Gasteiger charge is -2.31. The second-order valence-electron chi connectivity index (χ2n) is 6.17. The summed E-state index contributed by atoms with van der Waals surface area (Å²) in [5.41, 5.74) is 6.20. The van der Waals surface area contributed by atoms with Crippen molar-refractivity contribution in [2.45, 2.75) is 39.7 Å². The lowest BCUT2D eigenvalue weighted by atomic mass is 9.85. The molecule has 0 aromatic heterocycles. The van der Waals surface area contributed by atoms with E-state index in [1.54, 1.807) is 18.2 Å². The third kappa shape index (κ3) is 6.49. The Morgan fingerprint density at radius 2 is 2.14 bits per heavy atom. The van der Waals surface area contributed by atoms with E-state index in [0.29, 0.717) is 24.5 Å². The van der Waals surface area contributed by atoms with E-state index in [9.17, 15) is 4.79 Å². The Morgan fingerprint density at radius 3 is 2.71 bits per heavy atom. The summed E-state index contributed by atoms with van der Waals surface area (Å²) in [7, 11) is 0. The van der Waals surface area contributed by atoms with Crippen LogP contribution in [0.2, 0.25) is 0 Å². The van der Waals surface area contributed by atoms with Crippen molar-refractivity contribution < 1.29 is 14.6 Å². The van der Waals surface area contributed by atoms with E-state index in [2.05, 4.69) is 5.32 Å². The van der Waals surface area contributed by atoms with Crippen molar-refractivity contribution >= 4 is 11.6 Å². The third-order valence-corrected chi connectivity index (χ3v) is 3.25. The van der Waals surface area contributed by atoms with Crippen molar-refractivity contribution in [1.82, 2.24) is 5.32 Å². The Balaban J connectivity index is 2.39. The van der Waals surface area contributed by atoms with Gasteiger partial charge in [0.15, 0.2) is 0 Å². The Labute approximate surface area is 126 Å². The van der Waals surface area contributed by atoms with E-state index in [-0.39, 0.29) is 30.4 Å². The quantitative estimate of drug-likeness (QED) is 0.671. The van der Waals surface area contributed by atoms with Crippen molar-refractivity contribution in [1.29, 1.82) is 0 Å². The van der Waals surface area contributed by atoms with Gasteiger partial charge in [0, 0.05) is 24.4 Å². The largest absolute Gasteiger partial charge is 0.493 e. The lowest BCUT2D eigenvalue weighted by Crippen LogP contribution is -2.44. The average Bonchev–Trinajstić information content (AvgIpc) is 2.37. The van der Waals surface area contributed by atoms with E-state index in [1.165, 1.54) is 0 Å². The number of rotatable bonds is 7. The Bertz CT molecular complexity index is 455. The highest BCUT2D eigenvalue weighted by Gasteiger charge is 2.25. The minimum Gasteiger partial charge on any atom is -0.493 e. The molecule has 0 fully saturated rings. The molecule has 1 atom stereocenters. The molecule has 0 spiro atoms. The third-order valence-electron chi connectivity index (χ3n) is 3.25. The zero-order chi connectivity index (χ0) is 15.9. The van der Waals surface area contributed by atoms with E-state index in [0.717, 1.165) is 0 Å². The average molecular weight is 294 g/mol. The van der Waals surface area contributed by atoms with Gasteiger partial charge < -0.3 is 20.9 Å². The van der Waals surface area contributed by atoms with Crippen LogP contribution in [0.1, 0.15) is 33.6 Å². The first-order chi connectivity index (χ1) is 9.82. The molecular weight excluding hydrogens is 268 g/mol. The first-order valence-electron chi connectivity index (χ1n) is 7.21. The van der Waals surface area contributed by atoms with Gasteiger partial charge in [-0.05, 0) is 24.0 Å². The summed E-state index contributed by atoms with van der Waals surface area (Å²) in [5, 5.41) is 12.0. The molecule has 0 saturated heterocycles. The molecule has 1 rings (SSSR count). The summed E-state index contributed by atoms with van der Waals surface area (Å²) in [6, 6.07) is 7.06. The fourth-order valence-corrected chi connectivity index (χ4v) is 1.98. The number of carbonyl (C=O) groups excluding carboxylic acids is 1. The predicted molar refractivity (Wildman–Crippen MR) is 84.1 cm³/mol. The molecule has 4 N–H and O–H groups in total. The number of anilines is 1. The van der Waals surface area contributed by atoms with Gasteiger partial charge >= 0.3 is 0 Å². The van der Waals surface area contributed by atoms with Crippen molar-refractivity contribution in [2.24, 2.45) is 5.41 Å². The molecule has 1 aromatic rings. The van der Waals surface area contributed by atoms with E-state index < -0.39 is 0 Å². The zero-order valence-corrected chi connectivity index (χ0v) is 13.1. The molecule has 1 unspecified atom stereocenters. The molecule has 5 heteroatoms. The molecule has 0 aliphatic carbocycles. The maximum Gasteiger partial charge on any atom is 0.223 e. The molecule has 118 valence electrons. The number of benzene rings is 1. The van der Waals surface area contributed by atoms with Gasteiger partial charge in [-0.25, -0.2) is 0 Å². The van der Waals surface area contributed by atoms with Gasteiger partial charge in [-0.2, -0.15) is 0 Å². The molecule has 1 aromatic carbocycles. The standard InChI is InChI=1S/C16H26N2O3/c1-16(2,3)14(7-9-19)18-15(20)8-10-21-13-6-4-5-12(17)11-13/h4-6,11,14,19H,7-10,17H2,1-3H3,(H,18,20). The number of carbonyl (C=O) groups is 1. The smallest absolute Gasteiger partial charge is 0.223 e. The molecule has 0 aliphatic heterocycles. The normalized spacial score (nSPS) is 12.8. The molecule has 5 nitrogen and oxygen atoms in total. The van der Waals surface area contributed by atoms with Crippen molar-refractivity contribution in [3.8, 4) is 5.75 Å². The van der Waals surface area contributed by atoms with Crippen LogP contribution in [0.15, 0.2) is 24.3 Å². The highest BCUT2D eigenvalue weighted by Crippen LogP contribution is 2.21. The van der Waals surface area contributed by atoms with Gasteiger partial charge in [0.2, 0.25) is 5.91 Å². The molecular formula is C16H26N2O3. The molecule has 0 aliphatic rings. The van der Waals surface area contributed by atoms with Crippen LogP contribution in [0.25, 0.3) is 0 Å². The predicted octanol–water partition coefficient (Wildman–Crippen LogP) is 1.95. The van der Waals surface area contributed by atoms with Gasteiger partial charge in [-0.1, -0.05) is 26.8 Å². The van der Waals surface area contributed by atoms with E-state index in [4.69, 9.17) is 15.6 Å². The first-order valence-corrected chi connectivity index (χ1v) is 7.21. The number of hydrogen-bond acceptors (Lipinski definition) is 4. The molecule has 0 heterocycles. The number of nitrogens with two attached hydrogens (primary N) is 1. The molecule has 0 radical (unpaired) electrons. The number of nitrogens with one attached hydrogen (secondary N) is 1. The summed E-state index contributed by atoms with van der Waals surface area (Å²) >= 11 is 0. The fraction of sp³-hybridized carbons (Fsp3) is 0.562. The topological polar surface area (TPSA) is 84.6 Å². The number of aliphatic hydroxyl groups is 1. The fourth-order valence-electron chi connectivity index (χ4n) is 1.98. The number of aliphatic hydroxyl groups excluding tert-OH is 1. The van der Waals surface area contributed by atoms with Gasteiger partial charge in [0.1, 0.15) is 5.75 Å². The maximum absolute atomic E-state index is 11.9. The van der Waals surface area contributed by atoms with Crippen molar-refractivity contribution in [3.05, 3.63) is 24.3 Å². The summed E-state index contributed by atoms with van der Waals surface area (Å²) in [5.74, 6) is 0.581. The van der Waals surface area contributed by atoms with Gasteiger partial charge in [-0.3, -0.25) is 4.79 Å². The number of hydrogen-bond donors (Lipinski definition) is 3. The second kappa shape index (κ2) is 7.88. The highest BCUT2D eigenvalue weighted by molar-refractivity contribution is 5.76. The molecule has 0 bridgehead atoms. The van der Waals surface area contributed by atoms with E-state index >= 15 is 0 Å². The van der Waals surface area contributed by atoms with Crippen LogP contribution in [0, 0.1) is 5.41 Å². The van der Waals surface area contributed by atoms with Gasteiger partial charge in [0.25, 0.3) is 0 Å². The highest BCUT2D eigenvalue weighted by atomic mass is 16.5. The summed E-state index contributed by atoms with van der Waals surface area (Å²) in [6.45, 7) is 6.47. The van der Waals surface area contributed by atoms with Crippen LogP contribution in [-0.4, -0.2) is 30.3 Å². The van der Waals surface area contributed by atoms with E-state index in [1.807, 2.05) is 26.8 Å². The van der Waals surface area contributed by atoms with Crippen molar-refractivity contribution in [3.63, 3.8) is 0 Å². The van der Waals surface area contributed by atoms with Crippen LogP contribution >= 0.6 is 0 Å². The Kier molecular flexibility index (Phi) is 6.49. The molecule has 1 amide bonds. The maximum atomic E-state index is 11.9. The molecule has 21 heavy (non-hydrogen) atoms. The van der Waals surface area contributed by atoms with Crippen LogP contribution in [0.5, 0.6) is 5.75 Å². The number of ether oxygens (including phenoxy) is 1. The summed E-state index contributed by atoms with van der Waals surface area (Å²) in [6.07, 6.45) is 0.818. The Hall–Kier alpha value is -1.75. The van der Waals surface area contributed by atoms with Gasteiger partial charge in [-0.15, -0.1) is 0 Å². The Morgan fingerprint density at radius 1 is 1.43 bits per heavy atom. The van der Waals surface area contributed by atoms with Crippen LogP contribution in [0.3, 0.4) is 0 Å². The number of nitrogen functional groups attached to an aromatic ring is 1. The first kappa shape index (κ1) is 17.3. The minimum atomic E-state index is -0.0902. The van der Waals surface area contributed by atoms with Crippen LogP contribution < -0.4 is 15.8 Å². The summed E-state index contributed by atoms with van der Waals surface area (Å²) < 4.78 is 5.49. The lowest BCUT2D eigenvalue weighted by molar-refractivity contribution is -0.123. The zero-order valence-electron chi connectivity index (χ0n) is 13.1. The number of amides is 1. The molecule has 0 saturated carbocycles. The minimum absolute atomic E-state index is 0.0534. The monoisotopic (exact) mass is 294 g/mol. The van der Waals surface area contributed by atoms with Crippen molar-refractivity contribution in [2.75, 3.05) is 18.9 Å². The van der Waals surface area contributed by atoms with Crippen LogP contribution in [-0.2, 0) is 4.79 Å². The summed E-state index contributed by atoms with van der Waals surface area (Å²) in [4.78, 5) is 11.9. The van der Waals surface area contributed by atoms with Gasteiger partial charge in [0.05, 0.1) is 13.0 Å². The van der Waals surface area contributed by atoms with Crippen LogP contribution in [0.4, 0.5) is 5.69 Å². The second-order valence-corrected chi connectivity index (χ2v) is 6.17.